The molecule has 0 aliphatic heterocycles. The zero-order chi connectivity index (χ0) is 19.1. The molecule has 28 heavy (non-hydrogen) atoms. The average Bonchev–Trinajstić information content (AvgIpc) is 2.73. The molecule has 0 amide bonds. The van der Waals surface area contributed by atoms with Crippen molar-refractivity contribution in [3.05, 3.63) is 0 Å². The lowest BCUT2D eigenvalue weighted by molar-refractivity contribution is -0.125. The molecule has 5 aliphatic rings. The molecule has 0 saturated heterocycles. The molecular weight excluding hydrogens is 336 g/mol. The maximum Gasteiger partial charge on any atom is -0.0321 e. The number of fused-ring (bicyclic) bond motifs is 2. The van der Waals surface area contributed by atoms with Crippen LogP contribution in [0.2, 0.25) is 0 Å². The minimum absolute atomic E-state index is 1.02. The van der Waals surface area contributed by atoms with Gasteiger partial charge in [-0.05, 0) is 97.7 Å². The lowest BCUT2D eigenvalue weighted by atomic mass is 9.44. The van der Waals surface area contributed by atoms with Gasteiger partial charge >= 0.3 is 0 Å². The molecule has 0 heterocycles. The van der Waals surface area contributed by atoms with E-state index in [1.807, 2.05) is 0 Å². The first kappa shape index (κ1) is 19.9. The second-order valence-corrected chi connectivity index (χ2v) is 12.2. The van der Waals surface area contributed by atoms with Gasteiger partial charge in [0.2, 0.25) is 0 Å². The molecule has 0 nitrogen and oxygen atoms in total. The summed E-state index contributed by atoms with van der Waals surface area (Å²) < 4.78 is 0. The van der Waals surface area contributed by atoms with Gasteiger partial charge in [-0.2, -0.15) is 0 Å². The SMILES string of the molecule is CC1CCCCC1C1C2CCCCC2C(C2CCCCC2C)C2CCCCC21. The van der Waals surface area contributed by atoms with Crippen molar-refractivity contribution in [2.45, 2.75) is 117 Å². The summed E-state index contributed by atoms with van der Waals surface area (Å²) in [6, 6.07) is 0. The molecule has 0 radical (unpaired) electrons. The van der Waals surface area contributed by atoms with Crippen LogP contribution >= 0.6 is 0 Å². The second-order valence-electron chi connectivity index (χ2n) is 12.2. The van der Waals surface area contributed by atoms with Gasteiger partial charge in [-0.3, -0.25) is 0 Å². The predicted octanol–water partition coefficient (Wildman–Crippen LogP) is 8.50. The van der Waals surface area contributed by atoms with E-state index in [-0.39, 0.29) is 0 Å². The van der Waals surface area contributed by atoms with E-state index in [1.54, 1.807) is 89.9 Å². The first-order valence-corrected chi connectivity index (χ1v) is 13.8. The number of hydrogen-bond acceptors (Lipinski definition) is 0. The maximum atomic E-state index is 2.65. The van der Waals surface area contributed by atoms with E-state index in [9.17, 15) is 0 Å². The van der Waals surface area contributed by atoms with Gasteiger partial charge in [0.15, 0.2) is 0 Å². The zero-order valence-electron chi connectivity index (χ0n) is 19.1. The fourth-order valence-electron chi connectivity index (χ4n) is 10.0. The highest BCUT2D eigenvalue weighted by atomic mass is 14.6. The van der Waals surface area contributed by atoms with Crippen LogP contribution in [-0.4, -0.2) is 0 Å². The van der Waals surface area contributed by atoms with Gasteiger partial charge in [0.05, 0.1) is 0 Å². The van der Waals surface area contributed by atoms with Crippen LogP contribution in [0, 0.1) is 59.2 Å². The van der Waals surface area contributed by atoms with Crippen LogP contribution in [0.5, 0.6) is 0 Å². The van der Waals surface area contributed by atoms with Crippen LogP contribution in [0.4, 0.5) is 0 Å². The fraction of sp³-hybridized carbons (Fsp3) is 1.00. The van der Waals surface area contributed by atoms with Crippen molar-refractivity contribution in [3.8, 4) is 0 Å². The summed E-state index contributed by atoms with van der Waals surface area (Å²) in [5.74, 6) is 11.0. The van der Waals surface area contributed by atoms with Crippen LogP contribution in [0.15, 0.2) is 0 Å². The van der Waals surface area contributed by atoms with Crippen LogP contribution in [0.25, 0.3) is 0 Å². The molecule has 0 aromatic heterocycles. The third kappa shape index (κ3) is 3.51. The van der Waals surface area contributed by atoms with Gasteiger partial charge in [0, 0.05) is 0 Å². The second kappa shape index (κ2) is 8.63. The molecule has 5 aliphatic carbocycles. The third-order valence-corrected chi connectivity index (χ3v) is 11.1. The molecule has 0 bridgehead atoms. The molecule has 160 valence electrons. The molecular formula is C28H48. The average molecular weight is 385 g/mol. The van der Waals surface area contributed by atoms with Crippen molar-refractivity contribution >= 4 is 0 Å². The largest absolute Gasteiger partial charge is 0.0622 e. The first-order chi connectivity index (χ1) is 13.8. The van der Waals surface area contributed by atoms with E-state index in [1.165, 1.54) is 12.8 Å². The van der Waals surface area contributed by atoms with Crippen molar-refractivity contribution in [1.82, 2.24) is 0 Å². The lowest BCUT2D eigenvalue weighted by Gasteiger charge is -2.61. The Bertz CT molecular complexity index is 438. The lowest BCUT2D eigenvalue weighted by Crippen LogP contribution is -2.54. The van der Waals surface area contributed by atoms with Gasteiger partial charge in [0.1, 0.15) is 0 Å². The molecule has 8 atom stereocenters. The van der Waals surface area contributed by atoms with E-state index >= 15 is 0 Å². The van der Waals surface area contributed by atoms with E-state index < -0.39 is 0 Å². The summed E-state index contributed by atoms with van der Waals surface area (Å²) >= 11 is 0. The summed E-state index contributed by atoms with van der Waals surface area (Å²) in [5, 5.41) is 0. The Hall–Kier alpha value is 0. The highest BCUT2D eigenvalue weighted by Gasteiger charge is 2.55. The molecule has 8 unspecified atom stereocenters. The van der Waals surface area contributed by atoms with E-state index in [0.717, 1.165) is 59.2 Å². The molecule has 0 N–H and O–H groups in total. The monoisotopic (exact) mass is 384 g/mol. The van der Waals surface area contributed by atoms with Crippen molar-refractivity contribution in [1.29, 1.82) is 0 Å². The standard InChI is InChI=1S/C28H48/c1-19-11-3-5-13-21(19)27-23-15-7-9-17-25(23)28(22-14-6-4-12-20(22)2)26-18-10-8-16-24(26)27/h19-28H,3-18H2,1-2H3. The van der Waals surface area contributed by atoms with Gasteiger partial charge in [-0.15, -0.1) is 0 Å². The highest BCUT2D eigenvalue weighted by molar-refractivity contribution is 5.04. The van der Waals surface area contributed by atoms with E-state index in [2.05, 4.69) is 13.8 Å². The summed E-state index contributed by atoms with van der Waals surface area (Å²) in [7, 11) is 0. The summed E-state index contributed by atoms with van der Waals surface area (Å²) in [5.41, 5.74) is 0. The smallest absolute Gasteiger partial charge is 0.0321 e. The van der Waals surface area contributed by atoms with Crippen molar-refractivity contribution in [3.63, 3.8) is 0 Å². The Kier molecular flexibility index (Phi) is 6.14. The Morgan fingerprint density at radius 1 is 0.321 bits per heavy atom. The van der Waals surface area contributed by atoms with Gasteiger partial charge in [-0.25, -0.2) is 0 Å². The summed E-state index contributed by atoms with van der Waals surface area (Å²) in [6.07, 6.45) is 25.1. The molecule has 5 rings (SSSR count). The van der Waals surface area contributed by atoms with Crippen LogP contribution < -0.4 is 0 Å². The van der Waals surface area contributed by atoms with Crippen LogP contribution in [0.3, 0.4) is 0 Å². The Labute approximate surface area is 176 Å². The van der Waals surface area contributed by atoms with Crippen molar-refractivity contribution < 1.29 is 0 Å². The number of hydrogen-bond donors (Lipinski definition) is 0. The molecule has 5 saturated carbocycles. The van der Waals surface area contributed by atoms with Gasteiger partial charge in [0.25, 0.3) is 0 Å². The predicted molar refractivity (Wildman–Crippen MR) is 120 cm³/mol. The molecule has 5 fully saturated rings. The highest BCUT2D eigenvalue weighted by Crippen LogP contribution is 2.63. The molecule has 0 heteroatoms. The zero-order valence-corrected chi connectivity index (χ0v) is 19.1. The van der Waals surface area contributed by atoms with E-state index in [4.69, 9.17) is 0 Å². The van der Waals surface area contributed by atoms with Crippen molar-refractivity contribution in [2.75, 3.05) is 0 Å². The Morgan fingerprint density at radius 3 is 0.857 bits per heavy atom. The Morgan fingerprint density at radius 2 is 0.571 bits per heavy atom. The fourth-order valence-corrected chi connectivity index (χ4v) is 10.0. The topological polar surface area (TPSA) is 0 Å². The quantitative estimate of drug-likeness (QED) is 0.447. The normalized spacial score (nSPS) is 52.5. The minimum atomic E-state index is 1.02. The van der Waals surface area contributed by atoms with Crippen LogP contribution in [0.1, 0.15) is 117 Å². The maximum absolute atomic E-state index is 2.65. The number of rotatable bonds is 2. The molecule has 0 aromatic carbocycles. The van der Waals surface area contributed by atoms with Crippen LogP contribution in [-0.2, 0) is 0 Å². The third-order valence-electron chi connectivity index (χ3n) is 11.1. The first-order valence-electron chi connectivity index (χ1n) is 13.8. The minimum Gasteiger partial charge on any atom is -0.0622 e. The van der Waals surface area contributed by atoms with Gasteiger partial charge in [-0.1, -0.05) is 78.1 Å². The summed E-state index contributed by atoms with van der Waals surface area (Å²) in [6.45, 7) is 5.30. The van der Waals surface area contributed by atoms with Gasteiger partial charge < -0.3 is 0 Å². The molecule has 0 spiro atoms. The molecule has 0 aromatic rings. The Balaban J connectivity index is 1.49. The summed E-state index contributed by atoms with van der Waals surface area (Å²) in [4.78, 5) is 0. The van der Waals surface area contributed by atoms with Crippen molar-refractivity contribution in [2.24, 2.45) is 59.2 Å². The van der Waals surface area contributed by atoms with E-state index in [0.29, 0.717) is 0 Å².